The summed E-state index contributed by atoms with van der Waals surface area (Å²) in [6.07, 6.45) is 3.52. The van der Waals surface area contributed by atoms with E-state index in [1.54, 1.807) is 24.5 Å². The molecule has 28 heavy (non-hydrogen) atoms. The van der Waals surface area contributed by atoms with Crippen LogP contribution >= 0.6 is 0 Å². The number of carbonyl (C=O) groups excluding carboxylic acids is 1. The molecule has 0 aliphatic carbocycles. The van der Waals surface area contributed by atoms with Gasteiger partial charge in [-0.1, -0.05) is 19.9 Å². The molecule has 0 radical (unpaired) electrons. The number of pyridine rings is 1. The lowest BCUT2D eigenvalue weighted by molar-refractivity contribution is 0.00673. The van der Waals surface area contributed by atoms with Crippen LogP contribution in [-0.4, -0.2) is 54.7 Å². The minimum atomic E-state index is -0.0577. The highest BCUT2D eigenvalue weighted by Gasteiger charge is 2.24. The Bertz CT molecular complexity index is 728. The van der Waals surface area contributed by atoms with Gasteiger partial charge in [-0.15, -0.1) is 0 Å². The second-order valence-corrected chi connectivity index (χ2v) is 7.34. The molecule has 1 aromatic heterocycles. The number of carbonyl (C=O) groups is 1. The fourth-order valence-corrected chi connectivity index (χ4v) is 3.35. The second kappa shape index (κ2) is 10.2. The maximum atomic E-state index is 12.5. The number of amides is 1. The van der Waals surface area contributed by atoms with E-state index in [0.29, 0.717) is 30.7 Å². The van der Waals surface area contributed by atoms with E-state index in [1.807, 2.05) is 24.3 Å². The molecule has 3 rings (SSSR count). The van der Waals surface area contributed by atoms with Crippen LogP contribution in [0.2, 0.25) is 0 Å². The average Bonchev–Trinajstić information content (AvgIpc) is 2.74. The Morgan fingerprint density at radius 1 is 1.21 bits per heavy atom. The molecule has 1 amide bonds. The third-order valence-electron chi connectivity index (χ3n) is 5.00. The van der Waals surface area contributed by atoms with Crippen molar-refractivity contribution in [2.75, 3.05) is 32.8 Å². The first-order valence-electron chi connectivity index (χ1n) is 9.85. The molecule has 1 aliphatic rings. The van der Waals surface area contributed by atoms with E-state index in [-0.39, 0.29) is 5.91 Å². The van der Waals surface area contributed by atoms with Gasteiger partial charge in [-0.3, -0.25) is 14.7 Å². The van der Waals surface area contributed by atoms with Gasteiger partial charge in [0.25, 0.3) is 5.91 Å². The molecule has 1 aliphatic heterocycles. The molecule has 2 heterocycles. The molecule has 0 bridgehead atoms. The highest BCUT2D eigenvalue weighted by atomic mass is 16.5. The molecule has 6 nitrogen and oxygen atoms in total. The second-order valence-electron chi connectivity index (χ2n) is 7.34. The summed E-state index contributed by atoms with van der Waals surface area (Å²) in [5.74, 6) is 1.13. The highest BCUT2D eigenvalue weighted by Crippen LogP contribution is 2.15. The van der Waals surface area contributed by atoms with Gasteiger partial charge in [0.1, 0.15) is 12.4 Å². The molecule has 1 fully saturated rings. The van der Waals surface area contributed by atoms with Crippen LogP contribution in [0.4, 0.5) is 0 Å². The molecule has 1 atom stereocenters. The van der Waals surface area contributed by atoms with Gasteiger partial charge < -0.3 is 14.8 Å². The summed E-state index contributed by atoms with van der Waals surface area (Å²) in [4.78, 5) is 19.0. The van der Waals surface area contributed by atoms with Crippen LogP contribution in [0.1, 0.15) is 29.8 Å². The molecule has 1 unspecified atom stereocenters. The van der Waals surface area contributed by atoms with E-state index < -0.39 is 0 Å². The number of rotatable bonds is 8. The first-order valence-corrected chi connectivity index (χ1v) is 9.85. The maximum Gasteiger partial charge on any atom is 0.251 e. The van der Waals surface area contributed by atoms with E-state index >= 15 is 0 Å². The van der Waals surface area contributed by atoms with Crippen molar-refractivity contribution in [2.24, 2.45) is 5.92 Å². The van der Waals surface area contributed by atoms with E-state index in [1.165, 1.54) is 0 Å². The van der Waals surface area contributed by atoms with Crippen LogP contribution in [0.5, 0.6) is 5.75 Å². The zero-order valence-electron chi connectivity index (χ0n) is 16.6. The van der Waals surface area contributed by atoms with Crippen molar-refractivity contribution in [3.05, 3.63) is 59.9 Å². The number of morpholine rings is 1. The Morgan fingerprint density at radius 2 is 1.96 bits per heavy atom. The van der Waals surface area contributed by atoms with Crippen molar-refractivity contribution in [1.82, 2.24) is 15.2 Å². The van der Waals surface area contributed by atoms with Crippen molar-refractivity contribution >= 4 is 5.91 Å². The standard InChI is InChI=1S/C22H29N3O3/c1-17(2)21(25-10-12-27-13-11-25)15-24-22(26)19-5-7-20(8-6-19)28-16-18-4-3-9-23-14-18/h3-9,14,17,21H,10-13,15-16H2,1-2H3,(H,24,26). The van der Waals surface area contributed by atoms with Crippen LogP contribution in [-0.2, 0) is 11.3 Å². The van der Waals surface area contributed by atoms with Gasteiger partial charge in [0.2, 0.25) is 0 Å². The zero-order valence-corrected chi connectivity index (χ0v) is 16.6. The normalized spacial score (nSPS) is 16.0. The number of hydrogen-bond donors (Lipinski definition) is 1. The first kappa shape index (κ1) is 20.3. The van der Waals surface area contributed by atoms with E-state index in [4.69, 9.17) is 9.47 Å². The summed E-state index contributed by atoms with van der Waals surface area (Å²) >= 11 is 0. The Hall–Kier alpha value is -2.44. The van der Waals surface area contributed by atoms with Gasteiger partial charge in [-0.2, -0.15) is 0 Å². The number of aromatic nitrogens is 1. The van der Waals surface area contributed by atoms with Crippen LogP contribution in [0.3, 0.4) is 0 Å². The molecule has 0 saturated carbocycles. The SMILES string of the molecule is CC(C)C(CNC(=O)c1ccc(OCc2cccnc2)cc1)N1CCOCC1. The third-order valence-corrected chi connectivity index (χ3v) is 5.00. The molecule has 1 saturated heterocycles. The molecule has 6 heteroatoms. The molecule has 1 N–H and O–H groups in total. The number of benzene rings is 1. The van der Waals surface area contributed by atoms with Crippen LogP contribution < -0.4 is 10.1 Å². The highest BCUT2D eigenvalue weighted by molar-refractivity contribution is 5.94. The molecular formula is C22H29N3O3. The van der Waals surface area contributed by atoms with E-state index in [0.717, 1.165) is 37.6 Å². The summed E-state index contributed by atoms with van der Waals surface area (Å²) in [7, 11) is 0. The maximum absolute atomic E-state index is 12.5. The molecule has 0 spiro atoms. The van der Waals surface area contributed by atoms with Gasteiger partial charge in [-0.05, 0) is 36.2 Å². The van der Waals surface area contributed by atoms with Crippen LogP contribution in [0.15, 0.2) is 48.8 Å². The monoisotopic (exact) mass is 383 g/mol. The Morgan fingerprint density at radius 3 is 2.61 bits per heavy atom. The third kappa shape index (κ3) is 5.78. The van der Waals surface area contributed by atoms with Crippen molar-refractivity contribution < 1.29 is 14.3 Å². The predicted molar refractivity (Wildman–Crippen MR) is 108 cm³/mol. The van der Waals surface area contributed by atoms with Gasteiger partial charge >= 0.3 is 0 Å². The van der Waals surface area contributed by atoms with Crippen molar-refractivity contribution in [3.63, 3.8) is 0 Å². The summed E-state index contributed by atoms with van der Waals surface area (Å²) < 4.78 is 11.2. The Kier molecular flexibility index (Phi) is 7.39. The van der Waals surface area contributed by atoms with Gasteiger partial charge in [0.15, 0.2) is 0 Å². The van der Waals surface area contributed by atoms with Gasteiger partial charge in [-0.25, -0.2) is 0 Å². The summed E-state index contributed by atoms with van der Waals surface area (Å²) in [5.41, 5.74) is 1.64. The Labute approximate surface area is 166 Å². The summed E-state index contributed by atoms with van der Waals surface area (Å²) in [5, 5.41) is 3.08. The number of nitrogens with one attached hydrogen (secondary N) is 1. The minimum absolute atomic E-state index is 0.0577. The average molecular weight is 383 g/mol. The Balaban J connectivity index is 1.50. The smallest absolute Gasteiger partial charge is 0.251 e. The summed E-state index contributed by atoms with van der Waals surface area (Å²) in [6, 6.07) is 11.4. The van der Waals surface area contributed by atoms with E-state index in [9.17, 15) is 4.79 Å². The quantitative estimate of drug-likeness (QED) is 0.759. The fraction of sp³-hybridized carbons (Fsp3) is 0.455. The van der Waals surface area contributed by atoms with Crippen molar-refractivity contribution in [1.29, 1.82) is 0 Å². The number of hydrogen-bond acceptors (Lipinski definition) is 5. The van der Waals surface area contributed by atoms with E-state index in [2.05, 4.69) is 29.0 Å². The lowest BCUT2D eigenvalue weighted by Crippen LogP contribution is -2.51. The molecule has 150 valence electrons. The topological polar surface area (TPSA) is 63.7 Å². The molecule has 1 aromatic carbocycles. The number of ether oxygens (including phenoxy) is 2. The molecular weight excluding hydrogens is 354 g/mol. The lowest BCUT2D eigenvalue weighted by atomic mass is 10.0. The van der Waals surface area contributed by atoms with Crippen LogP contribution in [0.25, 0.3) is 0 Å². The zero-order chi connectivity index (χ0) is 19.8. The van der Waals surface area contributed by atoms with Gasteiger partial charge in [0.05, 0.1) is 13.2 Å². The van der Waals surface area contributed by atoms with Crippen molar-refractivity contribution in [3.8, 4) is 5.75 Å². The number of nitrogens with zero attached hydrogens (tertiary/aromatic N) is 2. The lowest BCUT2D eigenvalue weighted by Gasteiger charge is -2.36. The van der Waals surface area contributed by atoms with Crippen molar-refractivity contribution in [2.45, 2.75) is 26.5 Å². The predicted octanol–water partition coefficient (Wildman–Crippen LogP) is 2.75. The largest absolute Gasteiger partial charge is 0.489 e. The minimum Gasteiger partial charge on any atom is -0.489 e. The van der Waals surface area contributed by atoms with Gasteiger partial charge in [0, 0.05) is 49.2 Å². The first-order chi connectivity index (χ1) is 13.6. The summed E-state index contributed by atoms with van der Waals surface area (Å²) in [6.45, 7) is 8.84. The fourth-order valence-electron chi connectivity index (χ4n) is 3.35. The molecule has 2 aromatic rings. The van der Waals surface area contributed by atoms with Crippen LogP contribution in [0, 0.1) is 5.92 Å².